The van der Waals surface area contributed by atoms with E-state index in [1.807, 2.05) is 49.4 Å². The van der Waals surface area contributed by atoms with Crippen LogP contribution in [0.15, 0.2) is 66.7 Å². The average molecular weight is 367 g/mol. The summed E-state index contributed by atoms with van der Waals surface area (Å²) in [5.41, 5.74) is 0. The maximum absolute atomic E-state index is 12.8. The third-order valence-corrected chi connectivity index (χ3v) is 4.15. The molecule has 0 spiro atoms. The summed E-state index contributed by atoms with van der Waals surface area (Å²) < 4.78 is 24.2. The van der Waals surface area contributed by atoms with Gasteiger partial charge in [0.15, 0.2) is 6.10 Å². The highest BCUT2D eigenvalue weighted by Crippen LogP contribution is 2.22. The van der Waals surface area contributed by atoms with Crippen molar-refractivity contribution in [1.82, 2.24) is 5.32 Å². The van der Waals surface area contributed by atoms with Gasteiger partial charge in [0, 0.05) is 0 Å². The Hall–Kier alpha value is -3.08. The number of hydrogen-bond donors (Lipinski definition) is 1. The number of halogens is 1. The number of ether oxygens (including phenoxy) is 2. The molecule has 0 heterocycles. The first-order chi connectivity index (χ1) is 13.2. The molecular weight excluding hydrogens is 345 g/mol. The van der Waals surface area contributed by atoms with Crippen LogP contribution in [0, 0.1) is 5.82 Å². The van der Waals surface area contributed by atoms with Gasteiger partial charge in [-0.05, 0) is 53.6 Å². The van der Waals surface area contributed by atoms with Gasteiger partial charge in [-0.1, -0.05) is 37.3 Å². The summed E-state index contributed by atoms with van der Waals surface area (Å²) in [6, 6.07) is 19.5. The zero-order chi connectivity index (χ0) is 19.1. The second-order valence-electron chi connectivity index (χ2n) is 6.12. The maximum atomic E-state index is 12.8. The molecule has 1 amide bonds. The van der Waals surface area contributed by atoms with Crippen LogP contribution < -0.4 is 14.8 Å². The van der Waals surface area contributed by atoms with Gasteiger partial charge in [-0.2, -0.15) is 0 Å². The lowest BCUT2D eigenvalue weighted by atomic mass is 10.1. The molecule has 0 aliphatic rings. The second-order valence-corrected chi connectivity index (χ2v) is 6.12. The van der Waals surface area contributed by atoms with E-state index in [0.717, 1.165) is 10.8 Å². The average Bonchev–Trinajstić information content (AvgIpc) is 2.70. The Labute approximate surface area is 157 Å². The van der Waals surface area contributed by atoms with Crippen LogP contribution in [-0.4, -0.2) is 25.2 Å². The summed E-state index contributed by atoms with van der Waals surface area (Å²) in [6.07, 6.45) is -0.0192. The molecule has 0 aromatic heterocycles. The third kappa shape index (κ3) is 5.20. The van der Waals surface area contributed by atoms with Crippen LogP contribution in [0.3, 0.4) is 0 Å². The van der Waals surface area contributed by atoms with Gasteiger partial charge < -0.3 is 14.8 Å². The molecule has 140 valence electrons. The highest BCUT2D eigenvalue weighted by Gasteiger charge is 2.18. The molecule has 0 saturated carbocycles. The van der Waals surface area contributed by atoms with Gasteiger partial charge in [0.2, 0.25) is 0 Å². The molecule has 0 aliphatic carbocycles. The lowest BCUT2D eigenvalue weighted by molar-refractivity contribution is -0.128. The largest absolute Gasteiger partial charge is 0.492 e. The lowest BCUT2D eigenvalue weighted by Gasteiger charge is -2.18. The van der Waals surface area contributed by atoms with Crippen LogP contribution in [-0.2, 0) is 4.79 Å². The summed E-state index contributed by atoms with van der Waals surface area (Å²) >= 11 is 0. The highest BCUT2D eigenvalue weighted by atomic mass is 19.1. The van der Waals surface area contributed by atoms with Crippen LogP contribution >= 0.6 is 0 Å². The first kappa shape index (κ1) is 18.7. The minimum Gasteiger partial charge on any atom is -0.492 e. The number of carbonyl (C=O) groups excluding carboxylic acids is 1. The molecule has 0 bridgehead atoms. The van der Waals surface area contributed by atoms with Crippen LogP contribution in [0.2, 0.25) is 0 Å². The number of fused-ring (bicyclic) bond motifs is 1. The molecule has 0 fully saturated rings. The normalized spacial score (nSPS) is 11.8. The standard InChI is InChI=1S/C22H22FNO3/c1-2-21(27-20-10-7-16-5-3-4-6-17(16)15-20)22(25)24-13-14-26-19-11-8-18(23)9-12-19/h3-12,15,21H,2,13-14H2,1H3,(H,24,25). The number of hydrogen-bond acceptors (Lipinski definition) is 3. The molecule has 0 aliphatic heterocycles. The number of amides is 1. The molecule has 1 unspecified atom stereocenters. The van der Waals surface area contributed by atoms with E-state index in [1.54, 1.807) is 12.1 Å². The summed E-state index contributed by atoms with van der Waals surface area (Å²) in [7, 11) is 0. The smallest absolute Gasteiger partial charge is 0.261 e. The van der Waals surface area contributed by atoms with E-state index in [0.29, 0.717) is 31.1 Å². The van der Waals surface area contributed by atoms with Crippen molar-refractivity contribution >= 4 is 16.7 Å². The highest BCUT2D eigenvalue weighted by molar-refractivity contribution is 5.84. The predicted octanol–water partition coefficient (Wildman–Crippen LogP) is 4.33. The molecule has 3 aromatic carbocycles. The van der Waals surface area contributed by atoms with Crippen LogP contribution in [0.25, 0.3) is 10.8 Å². The fraction of sp³-hybridized carbons (Fsp3) is 0.227. The Bertz CT molecular complexity index is 895. The van der Waals surface area contributed by atoms with Crippen molar-refractivity contribution in [3.63, 3.8) is 0 Å². The van der Waals surface area contributed by atoms with Crippen LogP contribution in [0.5, 0.6) is 11.5 Å². The number of rotatable bonds is 8. The number of carbonyl (C=O) groups is 1. The molecule has 3 aromatic rings. The Morgan fingerprint density at radius 3 is 2.44 bits per heavy atom. The fourth-order valence-electron chi connectivity index (χ4n) is 2.72. The molecular formula is C22H22FNO3. The third-order valence-electron chi connectivity index (χ3n) is 4.15. The first-order valence-corrected chi connectivity index (χ1v) is 8.97. The van der Waals surface area contributed by atoms with E-state index in [2.05, 4.69) is 5.32 Å². The minimum atomic E-state index is -0.572. The van der Waals surface area contributed by atoms with Gasteiger partial charge in [0.05, 0.1) is 6.54 Å². The van der Waals surface area contributed by atoms with Gasteiger partial charge in [-0.15, -0.1) is 0 Å². The van der Waals surface area contributed by atoms with E-state index < -0.39 is 6.10 Å². The molecule has 4 nitrogen and oxygen atoms in total. The van der Waals surface area contributed by atoms with Crippen molar-refractivity contribution in [1.29, 1.82) is 0 Å². The maximum Gasteiger partial charge on any atom is 0.261 e. The van der Waals surface area contributed by atoms with E-state index in [1.165, 1.54) is 12.1 Å². The van der Waals surface area contributed by atoms with Crippen LogP contribution in [0.4, 0.5) is 4.39 Å². The van der Waals surface area contributed by atoms with E-state index in [4.69, 9.17) is 9.47 Å². The Morgan fingerprint density at radius 1 is 1.00 bits per heavy atom. The Morgan fingerprint density at radius 2 is 1.70 bits per heavy atom. The van der Waals surface area contributed by atoms with Crippen molar-refractivity contribution in [3.05, 3.63) is 72.5 Å². The number of nitrogens with one attached hydrogen (secondary N) is 1. The Balaban J connectivity index is 1.50. The minimum absolute atomic E-state index is 0.187. The lowest BCUT2D eigenvalue weighted by Crippen LogP contribution is -2.39. The quantitative estimate of drug-likeness (QED) is 0.603. The second kappa shape index (κ2) is 9.03. The Kier molecular flexibility index (Phi) is 6.26. The zero-order valence-corrected chi connectivity index (χ0v) is 15.2. The van der Waals surface area contributed by atoms with Crippen molar-refractivity contribution in [2.75, 3.05) is 13.2 Å². The summed E-state index contributed by atoms with van der Waals surface area (Å²) in [5.74, 6) is 0.726. The molecule has 1 atom stereocenters. The van der Waals surface area contributed by atoms with Crippen molar-refractivity contribution in [2.45, 2.75) is 19.4 Å². The van der Waals surface area contributed by atoms with Crippen molar-refractivity contribution in [2.24, 2.45) is 0 Å². The monoisotopic (exact) mass is 367 g/mol. The predicted molar refractivity (Wildman–Crippen MR) is 104 cm³/mol. The van der Waals surface area contributed by atoms with Crippen molar-refractivity contribution < 1.29 is 18.7 Å². The van der Waals surface area contributed by atoms with Gasteiger partial charge >= 0.3 is 0 Å². The van der Waals surface area contributed by atoms with E-state index in [9.17, 15) is 9.18 Å². The molecule has 0 saturated heterocycles. The SMILES string of the molecule is CCC(Oc1ccc2ccccc2c1)C(=O)NCCOc1ccc(F)cc1. The fourth-order valence-corrected chi connectivity index (χ4v) is 2.72. The molecule has 3 rings (SSSR count). The molecule has 27 heavy (non-hydrogen) atoms. The van der Waals surface area contributed by atoms with Gasteiger partial charge in [-0.25, -0.2) is 4.39 Å². The summed E-state index contributed by atoms with van der Waals surface area (Å²) in [4.78, 5) is 12.4. The van der Waals surface area contributed by atoms with Gasteiger partial charge in [0.25, 0.3) is 5.91 Å². The molecule has 1 N–H and O–H groups in total. The van der Waals surface area contributed by atoms with E-state index >= 15 is 0 Å². The van der Waals surface area contributed by atoms with E-state index in [-0.39, 0.29) is 11.7 Å². The zero-order valence-electron chi connectivity index (χ0n) is 15.2. The van der Waals surface area contributed by atoms with Crippen LogP contribution in [0.1, 0.15) is 13.3 Å². The summed E-state index contributed by atoms with van der Waals surface area (Å²) in [5, 5.41) is 5.00. The molecule has 5 heteroatoms. The van der Waals surface area contributed by atoms with Crippen molar-refractivity contribution in [3.8, 4) is 11.5 Å². The van der Waals surface area contributed by atoms with Gasteiger partial charge in [0.1, 0.15) is 23.9 Å². The topological polar surface area (TPSA) is 47.6 Å². The summed E-state index contributed by atoms with van der Waals surface area (Å²) in [6.45, 7) is 2.54. The first-order valence-electron chi connectivity index (χ1n) is 8.97. The number of benzene rings is 3. The van der Waals surface area contributed by atoms with Gasteiger partial charge in [-0.3, -0.25) is 4.79 Å². The molecule has 0 radical (unpaired) electrons.